The fourth-order valence-corrected chi connectivity index (χ4v) is 0. The molecule has 0 saturated carbocycles. The summed E-state index contributed by atoms with van der Waals surface area (Å²) in [5.41, 5.74) is 0. The van der Waals surface area contributed by atoms with Gasteiger partial charge in [0, 0.05) is 0 Å². The van der Waals surface area contributed by atoms with E-state index < -0.39 is 10.1 Å². The van der Waals surface area contributed by atoms with Gasteiger partial charge in [-0.3, -0.25) is 4.55 Å². The molecule has 0 rings (SSSR count). The first kappa shape index (κ1) is 15.8. The van der Waals surface area contributed by atoms with Crippen molar-refractivity contribution in [1.29, 1.82) is 0 Å². The molecule has 0 aliphatic rings. The maximum absolute atomic E-state index is 9.44. The van der Waals surface area contributed by atoms with E-state index in [0.717, 1.165) is 0 Å². The van der Waals surface area contributed by atoms with Crippen LogP contribution in [0.25, 0.3) is 0 Å². The molecule has 0 aliphatic carbocycles. The van der Waals surface area contributed by atoms with Crippen LogP contribution in [0.15, 0.2) is 12.0 Å². The zero-order valence-corrected chi connectivity index (χ0v) is 7.27. The molecule has 46 valence electrons. The van der Waals surface area contributed by atoms with Crippen molar-refractivity contribution in [2.75, 3.05) is 0 Å². The van der Waals surface area contributed by atoms with Gasteiger partial charge in [-0.1, -0.05) is 6.58 Å². The molecule has 0 unspecified atom stereocenters. The minimum Gasteiger partial charge on any atom is -1.00 e. The molecule has 0 aromatic heterocycles. The molecule has 0 heterocycles. The van der Waals surface area contributed by atoms with Crippen molar-refractivity contribution >= 4 is 10.1 Å². The Balaban J connectivity index is -0.0000000417. The summed E-state index contributed by atoms with van der Waals surface area (Å²) in [5, 5.41) is 0.465. The van der Waals surface area contributed by atoms with Crippen molar-refractivity contribution in [1.82, 2.24) is 0 Å². The predicted molar refractivity (Wildman–Crippen MR) is 26.5 cm³/mol. The third kappa shape index (κ3) is 16.0. The predicted octanol–water partition coefficient (Wildman–Crippen LogP) is -3.69. The second-order valence-electron chi connectivity index (χ2n) is 0.682. The van der Waals surface area contributed by atoms with Crippen LogP contribution < -0.4 is 29.6 Å². The molecule has 0 fully saturated rings. The van der Waals surface area contributed by atoms with Gasteiger partial charge < -0.3 is 6.90 Å². The number of hydrogen-bond acceptors (Lipinski definition) is 2. The molecule has 0 radical (unpaired) electrons. The first-order valence-electron chi connectivity index (χ1n) is 1.16. The zero-order valence-electron chi connectivity index (χ0n) is 5.46. The Morgan fingerprint density at radius 3 is 1.75 bits per heavy atom. The summed E-state index contributed by atoms with van der Waals surface area (Å²) in [4.78, 5) is 0. The van der Waals surface area contributed by atoms with Gasteiger partial charge in [0.15, 0.2) is 0 Å². The average Bonchev–Trinajstić information content (AvgIpc) is 1.35. The van der Waals surface area contributed by atoms with Crippen molar-refractivity contribution in [2.45, 2.75) is 0 Å². The van der Waals surface area contributed by atoms with Crippen molar-refractivity contribution in [2.24, 2.45) is 0 Å². The Bertz CT molecular complexity index is 129. The molecule has 0 atom stereocenters. The summed E-state index contributed by atoms with van der Waals surface area (Å²) in [6.07, 6.45) is 0. The molecule has 0 amide bonds. The van der Waals surface area contributed by atoms with Gasteiger partial charge in [-0.15, -0.1) is 0 Å². The number of hydrogen-bond donors (Lipinski definition) is 1. The van der Waals surface area contributed by atoms with E-state index in [2.05, 4.69) is 6.58 Å². The van der Waals surface area contributed by atoms with Crippen molar-refractivity contribution in [3.8, 4) is 0 Å². The molecule has 0 saturated heterocycles. The molecule has 6 heteroatoms. The normalized spacial score (nSPS) is 8.12. The Kier molecular flexibility index (Phi) is 11.4. The van der Waals surface area contributed by atoms with E-state index in [1.807, 2.05) is 0 Å². The molecule has 0 aromatic rings. The third-order valence-electron chi connectivity index (χ3n) is 0.211. The SMILES string of the molecule is C=CS(=O)(=O)O.O.[H-].[Na+]. The van der Waals surface area contributed by atoms with Gasteiger partial charge >= 0.3 is 29.6 Å². The van der Waals surface area contributed by atoms with Gasteiger partial charge in [0.1, 0.15) is 0 Å². The molecule has 0 aromatic carbocycles. The van der Waals surface area contributed by atoms with E-state index in [0.29, 0.717) is 5.41 Å². The minimum atomic E-state index is -3.90. The van der Waals surface area contributed by atoms with Crippen LogP contribution >= 0.6 is 0 Å². The number of rotatable bonds is 1. The van der Waals surface area contributed by atoms with E-state index >= 15 is 0 Å². The van der Waals surface area contributed by atoms with Gasteiger partial charge in [-0.05, 0) is 0 Å². The molecule has 3 N–H and O–H groups in total. The fraction of sp³-hybridized carbons (Fsp3) is 0. The van der Waals surface area contributed by atoms with Crippen LogP contribution in [-0.4, -0.2) is 18.4 Å². The van der Waals surface area contributed by atoms with E-state index in [4.69, 9.17) is 4.55 Å². The first-order chi connectivity index (χ1) is 2.56. The molecule has 0 bridgehead atoms. The summed E-state index contributed by atoms with van der Waals surface area (Å²) in [7, 11) is -3.90. The molecular weight excluding hydrogens is 143 g/mol. The second kappa shape index (κ2) is 5.74. The molecular formula is C2H7NaO4S. The average molecular weight is 150 g/mol. The molecule has 0 spiro atoms. The van der Waals surface area contributed by atoms with Gasteiger partial charge in [0.05, 0.1) is 5.41 Å². The van der Waals surface area contributed by atoms with Gasteiger partial charge in [0.25, 0.3) is 10.1 Å². The van der Waals surface area contributed by atoms with E-state index in [1.54, 1.807) is 0 Å². The van der Waals surface area contributed by atoms with Crippen LogP contribution in [0.4, 0.5) is 0 Å². The largest absolute Gasteiger partial charge is 1.00 e. The Labute approximate surface area is 71.4 Å². The smallest absolute Gasteiger partial charge is 1.00 e. The Hall–Kier alpha value is 0.610. The summed E-state index contributed by atoms with van der Waals surface area (Å²) in [6.45, 7) is 2.79. The van der Waals surface area contributed by atoms with Crippen molar-refractivity contribution in [3.63, 3.8) is 0 Å². The van der Waals surface area contributed by atoms with E-state index in [-0.39, 0.29) is 36.5 Å². The summed E-state index contributed by atoms with van der Waals surface area (Å²) < 4.78 is 26.6. The second-order valence-corrected chi connectivity index (χ2v) is 2.04. The fourth-order valence-electron chi connectivity index (χ4n) is 0. The quantitative estimate of drug-likeness (QED) is 0.308. The maximum atomic E-state index is 9.44. The van der Waals surface area contributed by atoms with E-state index in [1.165, 1.54) is 0 Å². The molecule has 8 heavy (non-hydrogen) atoms. The van der Waals surface area contributed by atoms with Crippen LogP contribution in [0.1, 0.15) is 1.43 Å². The minimum absolute atomic E-state index is 0. The van der Waals surface area contributed by atoms with Crippen LogP contribution in [0.2, 0.25) is 0 Å². The van der Waals surface area contributed by atoms with Gasteiger partial charge in [-0.2, -0.15) is 8.42 Å². The summed E-state index contributed by atoms with van der Waals surface area (Å²) >= 11 is 0. The Morgan fingerprint density at radius 1 is 1.62 bits per heavy atom. The van der Waals surface area contributed by atoms with Crippen LogP contribution in [0.3, 0.4) is 0 Å². The van der Waals surface area contributed by atoms with Gasteiger partial charge in [-0.25, -0.2) is 0 Å². The maximum Gasteiger partial charge on any atom is 1.00 e. The first-order valence-corrected chi connectivity index (χ1v) is 2.66. The van der Waals surface area contributed by atoms with Crippen molar-refractivity contribution in [3.05, 3.63) is 12.0 Å². The topological polar surface area (TPSA) is 85.9 Å². The zero-order chi connectivity index (χ0) is 5.21. The van der Waals surface area contributed by atoms with Crippen molar-refractivity contribution < 1.29 is 49.4 Å². The Morgan fingerprint density at radius 2 is 1.75 bits per heavy atom. The van der Waals surface area contributed by atoms with E-state index in [9.17, 15) is 8.42 Å². The third-order valence-corrected chi connectivity index (χ3v) is 0.632. The monoisotopic (exact) mass is 150 g/mol. The van der Waals surface area contributed by atoms with Crippen LogP contribution in [0, 0.1) is 0 Å². The van der Waals surface area contributed by atoms with Crippen LogP contribution in [0.5, 0.6) is 0 Å². The summed E-state index contributed by atoms with van der Waals surface area (Å²) in [6, 6.07) is 0. The summed E-state index contributed by atoms with van der Waals surface area (Å²) in [5.74, 6) is 0. The van der Waals surface area contributed by atoms with Gasteiger partial charge in [0.2, 0.25) is 0 Å². The molecule has 4 nitrogen and oxygen atoms in total. The van der Waals surface area contributed by atoms with Crippen LogP contribution in [-0.2, 0) is 10.1 Å². The molecule has 0 aliphatic heterocycles. The standard InChI is InChI=1S/C2H4O3S.Na.H2O.H/c1-2-6(3,4)5;;;/h2H,1H2,(H,3,4,5);;1H2;/q;+1;;-1.